The first-order valence-electron chi connectivity index (χ1n) is 8.61. The van der Waals surface area contributed by atoms with Gasteiger partial charge in [-0.15, -0.1) is 0 Å². The Morgan fingerprint density at radius 3 is 2.41 bits per heavy atom. The zero-order valence-corrected chi connectivity index (χ0v) is 15.6. The number of fused-ring (bicyclic) bond motifs is 1. The highest BCUT2D eigenvalue weighted by molar-refractivity contribution is 7.92. The standard InChI is InChI=1S/C21H19N3O2S/c1-16-10-12-18(13-11-16)27(25,26)23-21-9-5-8-20-19(21)15-24(22-20)14-17-6-3-2-4-7-17/h2-13,15,23H,14H2,1H3. The van der Waals surface area contributed by atoms with Crippen LogP contribution in [0.15, 0.2) is 83.9 Å². The summed E-state index contributed by atoms with van der Waals surface area (Å²) in [6.45, 7) is 2.55. The smallest absolute Gasteiger partial charge is 0.261 e. The Labute approximate surface area is 158 Å². The summed E-state index contributed by atoms with van der Waals surface area (Å²) in [6, 6.07) is 22.2. The van der Waals surface area contributed by atoms with E-state index in [2.05, 4.69) is 9.82 Å². The molecule has 0 unspecified atom stereocenters. The number of hydrogen-bond acceptors (Lipinski definition) is 3. The third-order valence-electron chi connectivity index (χ3n) is 4.36. The van der Waals surface area contributed by atoms with Crippen LogP contribution >= 0.6 is 0 Å². The van der Waals surface area contributed by atoms with Gasteiger partial charge in [0.1, 0.15) is 0 Å². The Kier molecular flexibility index (Phi) is 4.41. The van der Waals surface area contributed by atoms with Crippen molar-refractivity contribution >= 4 is 26.6 Å². The molecule has 0 fully saturated rings. The Bertz CT molecular complexity index is 1180. The van der Waals surface area contributed by atoms with Crippen molar-refractivity contribution in [3.8, 4) is 0 Å². The van der Waals surface area contributed by atoms with Crippen molar-refractivity contribution in [2.45, 2.75) is 18.4 Å². The van der Waals surface area contributed by atoms with E-state index in [1.165, 1.54) is 0 Å². The van der Waals surface area contributed by atoms with E-state index in [4.69, 9.17) is 0 Å². The largest absolute Gasteiger partial charge is 0.279 e. The monoisotopic (exact) mass is 377 g/mol. The maximum absolute atomic E-state index is 12.7. The molecule has 1 aromatic heterocycles. The van der Waals surface area contributed by atoms with E-state index in [1.807, 2.05) is 54.2 Å². The molecule has 0 radical (unpaired) electrons. The maximum atomic E-state index is 12.7. The van der Waals surface area contributed by atoms with Crippen molar-refractivity contribution in [1.82, 2.24) is 9.78 Å². The number of aryl methyl sites for hydroxylation is 1. The number of rotatable bonds is 5. The minimum atomic E-state index is -3.66. The zero-order chi connectivity index (χ0) is 18.9. The second kappa shape index (κ2) is 6.89. The van der Waals surface area contributed by atoms with Crippen molar-refractivity contribution in [2.75, 3.05) is 4.72 Å². The molecule has 1 N–H and O–H groups in total. The van der Waals surface area contributed by atoms with Crippen LogP contribution in [-0.4, -0.2) is 18.2 Å². The average molecular weight is 377 g/mol. The van der Waals surface area contributed by atoms with Crippen LogP contribution in [0.2, 0.25) is 0 Å². The second-order valence-corrected chi connectivity index (χ2v) is 8.15. The van der Waals surface area contributed by atoms with Gasteiger partial charge in [-0.3, -0.25) is 9.40 Å². The number of aromatic nitrogens is 2. The van der Waals surface area contributed by atoms with Crippen LogP contribution in [0.3, 0.4) is 0 Å². The van der Waals surface area contributed by atoms with Crippen LogP contribution in [0.1, 0.15) is 11.1 Å². The third-order valence-corrected chi connectivity index (χ3v) is 5.74. The molecule has 3 aromatic carbocycles. The van der Waals surface area contributed by atoms with E-state index in [9.17, 15) is 8.42 Å². The maximum Gasteiger partial charge on any atom is 0.261 e. The molecular formula is C21H19N3O2S. The number of benzene rings is 3. The van der Waals surface area contributed by atoms with Gasteiger partial charge in [0.2, 0.25) is 0 Å². The molecule has 4 rings (SSSR count). The average Bonchev–Trinajstić information content (AvgIpc) is 3.06. The molecule has 0 spiro atoms. The fourth-order valence-electron chi connectivity index (χ4n) is 2.95. The van der Waals surface area contributed by atoms with Crippen LogP contribution in [0.25, 0.3) is 10.9 Å². The molecule has 0 saturated heterocycles. The number of nitrogens with zero attached hydrogens (tertiary/aromatic N) is 2. The van der Waals surface area contributed by atoms with Gasteiger partial charge in [-0.1, -0.05) is 54.1 Å². The number of sulfonamides is 1. The molecule has 0 aliphatic rings. The summed E-state index contributed by atoms with van der Waals surface area (Å²) in [5, 5.41) is 5.33. The molecule has 0 saturated carbocycles. The van der Waals surface area contributed by atoms with Crippen LogP contribution in [0.5, 0.6) is 0 Å². The summed E-state index contributed by atoms with van der Waals surface area (Å²) in [5.74, 6) is 0. The predicted molar refractivity (Wildman–Crippen MR) is 107 cm³/mol. The van der Waals surface area contributed by atoms with Gasteiger partial charge in [-0.25, -0.2) is 8.42 Å². The Hall–Kier alpha value is -3.12. The van der Waals surface area contributed by atoms with E-state index in [1.54, 1.807) is 36.4 Å². The fraction of sp³-hybridized carbons (Fsp3) is 0.0952. The number of anilines is 1. The Balaban J connectivity index is 1.67. The molecule has 0 aliphatic carbocycles. The van der Waals surface area contributed by atoms with Crippen LogP contribution in [0, 0.1) is 6.92 Å². The SMILES string of the molecule is Cc1ccc(S(=O)(=O)Nc2cccc3nn(Cc4ccccc4)cc23)cc1. The molecule has 27 heavy (non-hydrogen) atoms. The third kappa shape index (κ3) is 3.71. The lowest BCUT2D eigenvalue weighted by atomic mass is 10.2. The van der Waals surface area contributed by atoms with Gasteiger partial charge in [0.15, 0.2) is 0 Å². The molecule has 0 atom stereocenters. The van der Waals surface area contributed by atoms with Crippen molar-refractivity contribution < 1.29 is 8.42 Å². The first-order valence-corrected chi connectivity index (χ1v) is 10.1. The van der Waals surface area contributed by atoms with E-state index in [0.717, 1.165) is 22.0 Å². The summed E-state index contributed by atoms with van der Waals surface area (Å²) < 4.78 is 29.9. The molecular weight excluding hydrogens is 358 g/mol. The molecule has 0 bridgehead atoms. The lowest BCUT2D eigenvalue weighted by molar-refractivity contribution is 0.601. The highest BCUT2D eigenvalue weighted by atomic mass is 32.2. The lowest BCUT2D eigenvalue weighted by Crippen LogP contribution is -2.13. The highest BCUT2D eigenvalue weighted by Crippen LogP contribution is 2.25. The molecule has 5 nitrogen and oxygen atoms in total. The number of hydrogen-bond donors (Lipinski definition) is 1. The van der Waals surface area contributed by atoms with E-state index >= 15 is 0 Å². The van der Waals surface area contributed by atoms with Crippen molar-refractivity contribution in [1.29, 1.82) is 0 Å². The first-order chi connectivity index (χ1) is 13.0. The van der Waals surface area contributed by atoms with Gasteiger partial charge < -0.3 is 0 Å². The predicted octanol–water partition coefficient (Wildman–Crippen LogP) is 4.19. The van der Waals surface area contributed by atoms with Crippen molar-refractivity contribution in [3.05, 3.63) is 90.1 Å². The van der Waals surface area contributed by atoms with E-state index in [-0.39, 0.29) is 4.90 Å². The summed E-state index contributed by atoms with van der Waals surface area (Å²) in [6.07, 6.45) is 1.87. The van der Waals surface area contributed by atoms with Crippen LogP contribution in [-0.2, 0) is 16.6 Å². The minimum Gasteiger partial charge on any atom is -0.279 e. The Morgan fingerprint density at radius 2 is 1.67 bits per heavy atom. The van der Waals surface area contributed by atoms with Gasteiger partial charge in [0, 0.05) is 11.6 Å². The quantitative estimate of drug-likeness (QED) is 0.567. The lowest BCUT2D eigenvalue weighted by Gasteiger charge is -2.09. The van der Waals surface area contributed by atoms with Gasteiger partial charge >= 0.3 is 0 Å². The summed E-state index contributed by atoms with van der Waals surface area (Å²) >= 11 is 0. The summed E-state index contributed by atoms with van der Waals surface area (Å²) in [5.41, 5.74) is 3.41. The summed E-state index contributed by atoms with van der Waals surface area (Å²) in [7, 11) is -3.66. The molecule has 0 aliphatic heterocycles. The van der Waals surface area contributed by atoms with Gasteiger partial charge in [-0.2, -0.15) is 5.10 Å². The Morgan fingerprint density at radius 1 is 0.926 bits per heavy atom. The fourth-order valence-corrected chi connectivity index (χ4v) is 4.03. The molecule has 6 heteroatoms. The van der Waals surface area contributed by atoms with Crippen molar-refractivity contribution in [3.63, 3.8) is 0 Å². The topological polar surface area (TPSA) is 64.0 Å². The molecule has 0 amide bonds. The van der Waals surface area contributed by atoms with Crippen LogP contribution < -0.4 is 4.72 Å². The van der Waals surface area contributed by atoms with Gasteiger partial charge in [0.25, 0.3) is 10.0 Å². The zero-order valence-electron chi connectivity index (χ0n) is 14.8. The molecule has 1 heterocycles. The first kappa shape index (κ1) is 17.3. The second-order valence-electron chi connectivity index (χ2n) is 6.47. The summed E-state index contributed by atoms with van der Waals surface area (Å²) in [4.78, 5) is 0.238. The minimum absolute atomic E-state index is 0.238. The normalized spacial score (nSPS) is 11.6. The number of nitrogens with one attached hydrogen (secondary N) is 1. The van der Waals surface area contributed by atoms with E-state index < -0.39 is 10.0 Å². The molecule has 136 valence electrons. The van der Waals surface area contributed by atoms with Crippen molar-refractivity contribution in [2.24, 2.45) is 0 Å². The molecule has 4 aromatic rings. The van der Waals surface area contributed by atoms with Gasteiger partial charge in [-0.05, 0) is 36.8 Å². The van der Waals surface area contributed by atoms with Crippen LogP contribution in [0.4, 0.5) is 5.69 Å². The van der Waals surface area contributed by atoms with E-state index in [0.29, 0.717) is 12.2 Å². The van der Waals surface area contributed by atoms with Gasteiger partial charge in [0.05, 0.1) is 22.6 Å². The highest BCUT2D eigenvalue weighted by Gasteiger charge is 2.16.